The molecule has 0 aromatic carbocycles. The van der Waals surface area contributed by atoms with Crippen LogP contribution < -0.4 is 27.4 Å². The third kappa shape index (κ3) is 20.3. The summed E-state index contributed by atoms with van der Waals surface area (Å²) in [6, 6.07) is -0.575. The molecule has 1 atom stereocenters. The smallest absolute Gasteiger partial charge is 0.242 e. The zero-order valence-electron chi connectivity index (χ0n) is 20.4. The maximum absolute atomic E-state index is 12.6. The molecule has 0 heterocycles. The van der Waals surface area contributed by atoms with Crippen molar-refractivity contribution in [1.82, 2.24) is 16.0 Å². The van der Waals surface area contributed by atoms with Gasteiger partial charge in [-0.25, -0.2) is 0 Å². The quantitative estimate of drug-likeness (QED) is 0.113. The Hall–Kier alpha value is -2.00. The minimum Gasteiger partial charge on any atom is -0.356 e. The highest BCUT2D eigenvalue weighted by Gasteiger charge is 2.19. The first-order valence-corrected chi connectivity index (χ1v) is 12.7. The predicted octanol–water partition coefficient (Wildman–Crippen LogP) is 1.67. The van der Waals surface area contributed by atoms with Crippen LogP contribution in [0.5, 0.6) is 0 Å². The molecule has 9 nitrogen and oxygen atoms in total. The van der Waals surface area contributed by atoms with Gasteiger partial charge in [-0.2, -0.15) is 0 Å². The number of aldehydes is 1. The maximum Gasteiger partial charge on any atom is 0.242 e. The Balaban J connectivity index is 4.31. The molecule has 7 N–H and O–H groups in total. The largest absolute Gasteiger partial charge is 0.356 e. The normalized spacial score (nSPS) is 11.6. The summed E-state index contributed by atoms with van der Waals surface area (Å²) < 4.78 is 0. The van der Waals surface area contributed by atoms with Crippen LogP contribution in [0.2, 0.25) is 0 Å². The van der Waals surface area contributed by atoms with Crippen LogP contribution in [-0.2, 0) is 19.2 Å². The van der Waals surface area contributed by atoms with Gasteiger partial charge in [-0.3, -0.25) is 14.4 Å². The van der Waals surface area contributed by atoms with Crippen LogP contribution in [-0.4, -0.2) is 56.2 Å². The number of amides is 3. The SMILES string of the molecule is NCCCCCC(=O)NCCCCC(NC(=O)CCCCCN)C(=O)NCCCCCC=O. The van der Waals surface area contributed by atoms with Crippen LogP contribution in [0.25, 0.3) is 0 Å². The fourth-order valence-corrected chi connectivity index (χ4v) is 3.40. The van der Waals surface area contributed by atoms with E-state index in [1.54, 1.807) is 0 Å². The lowest BCUT2D eigenvalue weighted by Gasteiger charge is -2.19. The van der Waals surface area contributed by atoms with Crippen LogP contribution >= 0.6 is 0 Å². The molecule has 0 fully saturated rings. The molecule has 0 aliphatic rings. The van der Waals surface area contributed by atoms with Gasteiger partial charge >= 0.3 is 0 Å². The molecule has 1 unspecified atom stereocenters. The first-order chi connectivity index (χ1) is 16.0. The van der Waals surface area contributed by atoms with Gasteiger partial charge in [-0.1, -0.05) is 19.3 Å². The lowest BCUT2D eigenvalue weighted by Crippen LogP contribution is -2.47. The monoisotopic (exact) mass is 469 g/mol. The summed E-state index contributed by atoms with van der Waals surface area (Å²) in [4.78, 5) is 47.1. The van der Waals surface area contributed by atoms with Gasteiger partial charge in [-0.05, 0) is 70.9 Å². The number of nitrogens with one attached hydrogen (secondary N) is 3. The third-order valence-corrected chi connectivity index (χ3v) is 5.41. The van der Waals surface area contributed by atoms with Crippen molar-refractivity contribution in [2.75, 3.05) is 26.2 Å². The molecule has 0 aromatic rings. The van der Waals surface area contributed by atoms with Gasteiger partial charge in [0.15, 0.2) is 0 Å². The zero-order valence-corrected chi connectivity index (χ0v) is 20.4. The van der Waals surface area contributed by atoms with Crippen LogP contribution in [0.1, 0.15) is 96.3 Å². The Morgan fingerprint density at radius 2 is 1.24 bits per heavy atom. The average molecular weight is 470 g/mol. The van der Waals surface area contributed by atoms with E-state index in [1.165, 1.54) is 0 Å². The number of carbonyl (C=O) groups is 4. The Kier molecular flexibility index (Phi) is 21.8. The summed E-state index contributed by atoms with van der Waals surface area (Å²) in [6.45, 7) is 2.36. The summed E-state index contributed by atoms with van der Waals surface area (Å²) in [6.07, 6.45) is 12.1. The van der Waals surface area contributed by atoms with Gasteiger partial charge in [0.25, 0.3) is 0 Å². The highest BCUT2D eigenvalue weighted by molar-refractivity contribution is 5.87. The zero-order chi connectivity index (χ0) is 24.6. The van der Waals surface area contributed by atoms with E-state index in [9.17, 15) is 19.2 Å². The number of carbonyl (C=O) groups excluding carboxylic acids is 4. The fraction of sp³-hybridized carbons (Fsp3) is 0.833. The van der Waals surface area contributed by atoms with Crippen molar-refractivity contribution in [1.29, 1.82) is 0 Å². The lowest BCUT2D eigenvalue weighted by atomic mass is 10.1. The molecule has 0 aliphatic carbocycles. The van der Waals surface area contributed by atoms with Crippen LogP contribution in [0.4, 0.5) is 0 Å². The first-order valence-electron chi connectivity index (χ1n) is 12.7. The van der Waals surface area contributed by atoms with Gasteiger partial charge in [-0.15, -0.1) is 0 Å². The van der Waals surface area contributed by atoms with Crippen LogP contribution in [0, 0.1) is 0 Å². The summed E-state index contributed by atoms with van der Waals surface area (Å²) in [5, 5.41) is 8.67. The number of unbranched alkanes of at least 4 members (excludes halogenated alkanes) is 8. The summed E-state index contributed by atoms with van der Waals surface area (Å²) in [5.41, 5.74) is 10.9. The van der Waals surface area contributed by atoms with Crippen LogP contribution in [0.15, 0.2) is 0 Å². The van der Waals surface area contributed by atoms with Crippen LogP contribution in [0.3, 0.4) is 0 Å². The standard InChI is InChI=1S/C24H47N5O4/c25-16-8-3-5-14-22(31)27-18-11-7-13-21(29-23(32)15-6-4-9-17-26)24(33)28-19-10-1-2-12-20-30/h20-21H,1-19,25-26H2,(H,27,31)(H,28,33)(H,29,32). The highest BCUT2D eigenvalue weighted by Crippen LogP contribution is 2.05. The second-order valence-electron chi connectivity index (χ2n) is 8.47. The summed E-state index contributed by atoms with van der Waals surface area (Å²) >= 11 is 0. The number of hydrogen-bond donors (Lipinski definition) is 5. The molecule has 0 spiro atoms. The molecule has 0 aliphatic heterocycles. The molecule has 0 bridgehead atoms. The van der Waals surface area contributed by atoms with E-state index in [-0.39, 0.29) is 17.7 Å². The Morgan fingerprint density at radius 1 is 0.667 bits per heavy atom. The number of rotatable bonds is 23. The van der Waals surface area contributed by atoms with Crippen molar-refractivity contribution in [3.05, 3.63) is 0 Å². The van der Waals surface area contributed by atoms with E-state index >= 15 is 0 Å². The number of nitrogens with two attached hydrogens (primary N) is 2. The van der Waals surface area contributed by atoms with Crippen molar-refractivity contribution in [3.8, 4) is 0 Å². The van der Waals surface area contributed by atoms with Gasteiger partial charge in [0.1, 0.15) is 12.3 Å². The Labute approximate surface area is 199 Å². The molecule has 0 aromatic heterocycles. The molecule has 0 rings (SSSR count). The van der Waals surface area contributed by atoms with E-state index in [1.807, 2.05) is 0 Å². The first kappa shape index (κ1) is 31.0. The van der Waals surface area contributed by atoms with E-state index in [2.05, 4.69) is 16.0 Å². The minimum atomic E-state index is -0.575. The predicted molar refractivity (Wildman–Crippen MR) is 131 cm³/mol. The van der Waals surface area contributed by atoms with Gasteiger partial charge < -0.3 is 32.2 Å². The van der Waals surface area contributed by atoms with Crippen molar-refractivity contribution in [2.45, 2.75) is 102 Å². The van der Waals surface area contributed by atoms with E-state index in [0.29, 0.717) is 51.9 Å². The molecule has 0 saturated heterocycles. The third-order valence-electron chi connectivity index (χ3n) is 5.41. The van der Waals surface area contributed by atoms with Crippen molar-refractivity contribution < 1.29 is 19.2 Å². The van der Waals surface area contributed by atoms with Crippen molar-refractivity contribution in [2.24, 2.45) is 11.5 Å². The highest BCUT2D eigenvalue weighted by atomic mass is 16.2. The Bertz CT molecular complexity index is 531. The second kappa shape index (κ2) is 23.2. The minimum absolute atomic E-state index is 0.0432. The fourth-order valence-electron chi connectivity index (χ4n) is 3.40. The summed E-state index contributed by atoms with van der Waals surface area (Å²) in [5.74, 6) is -0.254. The molecule has 33 heavy (non-hydrogen) atoms. The van der Waals surface area contributed by atoms with Gasteiger partial charge in [0, 0.05) is 32.4 Å². The van der Waals surface area contributed by atoms with Gasteiger partial charge in [0.2, 0.25) is 17.7 Å². The van der Waals surface area contributed by atoms with Gasteiger partial charge in [0.05, 0.1) is 0 Å². The Morgan fingerprint density at radius 3 is 1.88 bits per heavy atom. The lowest BCUT2D eigenvalue weighted by molar-refractivity contribution is -0.129. The molecule has 9 heteroatoms. The average Bonchev–Trinajstić information content (AvgIpc) is 2.80. The molecule has 0 saturated carbocycles. The number of hydrogen-bond acceptors (Lipinski definition) is 6. The molecule has 192 valence electrons. The second-order valence-corrected chi connectivity index (χ2v) is 8.47. The molecule has 3 amide bonds. The molecular formula is C24H47N5O4. The molecule has 0 radical (unpaired) electrons. The maximum atomic E-state index is 12.6. The van der Waals surface area contributed by atoms with E-state index < -0.39 is 6.04 Å². The topological polar surface area (TPSA) is 156 Å². The van der Waals surface area contributed by atoms with Crippen molar-refractivity contribution in [3.63, 3.8) is 0 Å². The summed E-state index contributed by atoms with van der Waals surface area (Å²) in [7, 11) is 0. The van der Waals surface area contributed by atoms with E-state index in [0.717, 1.165) is 76.9 Å². The van der Waals surface area contributed by atoms with E-state index in [4.69, 9.17) is 11.5 Å². The van der Waals surface area contributed by atoms with Crippen molar-refractivity contribution >= 4 is 24.0 Å². The molecular weight excluding hydrogens is 422 g/mol.